The van der Waals surface area contributed by atoms with E-state index in [1.54, 1.807) is 205 Å². The first-order valence-electron chi connectivity index (χ1n) is 35.1. The van der Waals surface area contributed by atoms with Crippen molar-refractivity contribution >= 4 is 0 Å². The Morgan fingerprint density at radius 1 is 0.197 bits per heavy atom. The van der Waals surface area contributed by atoms with Crippen LogP contribution in [0.3, 0.4) is 0 Å². The molecule has 0 heterocycles. The van der Waals surface area contributed by atoms with E-state index in [0.29, 0.717) is 0 Å². The van der Waals surface area contributed by atoms with Gasteiger partial charge in [0.05, 0.1) is 0 Å². The van der Waals surface area contributed by atoms with Gasteiger partial charge < -0.3 is 0 Å². The maximum absolute atomic E-state index is 1.68. The summed E-state index contributed by atoms with van der Waals surface area (Å²) in [6, 6.07) is 0. The molecule has 0 aromatic carbocycles. The standard InChI is InChI=1S/C11H14.2C11H18.C10H16.C8H8.2C7H10.C6H8/c1-4-5-2-9-8(1)10-6(4)3-7(5)11(9)10;1-3-9-7-10-4-2-6-11(10,5-1)8-9;1-2-4-10-9-5-6-11(10)8(3-1)7-9;1-7-2-9-4-8(1)5-10(3-7)6-9;1-2-5-3(1)7-4(1)6(2)8(5)7;1-4-2-6-5(1)7(6)3-4;1-2-4-6-5(3-1)7(4)6;1-2-4-5-3(1)6(4)5/h4-11H,1-3H2;9-10H,1-8H2;8-11H,1-7H2;7-10H,1-6H2;1-8H;2*4-7H,1-3H2;3-6H,1-2H2. The van der Waals surface area contributed by atoms with E-state index < -0.39 is 0 Å². The lowest BCUT2D eigenvalue weighted by molar-refractivity contribution is -0.565. The van der Waals surface area contributed by atoms with Gasteiger partial charge in [0.1, 0.15) is 0 Å². The number of hydrogen-bond acceptors (Lipinski definition) is 0. The third-order valence-electron chi connectivity index (χ3n) is 34.4. The molecule has 33 aliphatic rings. The van der Waals surface area contributed by atoms with E-state index >= 15 is 0 Å². The summed E-state index contributed by atoms with van der Waals surface area (Å²) in [5.74, 6) is 47.8. The van der Waals surface area contributed by atoms with E-state index in [-0.39, 0.29) is 0 Å². The van der Waals surface area contributed by atoms with Gasteiger partial charge in [-0.05, 0) is 391 Å². The van der Waals surface area contributed by atoms with Crippen molar-refractivity contribution in [2.45, 2.75) is 205 Å². The Bertz CT molecular complexity index is 1880. The fourth-order valence-electron chi connectivity index (χ4n) is 32.4. The van der Waals surface area contributed by atoms with E-state index in [0.717, 1.165) is 11.3 Å². The van der Waals surface area contributed by atoms with Gasteiger partial charge in [-0.3, -0.25) is 0 Å². The molecule has 0 aromatic heterocycles. The number of rotatable bonds is 0. The third kappa shape index (κ3) is 5.53. The molecule has 0 N–H and O–H groups in total. The van der Waals surface area contributed by atoms with Gasteiger partial charge in [0.15, 0.2) is 0 Å². The summed E-state index contributed by atoms with van der Waals surface area (Å²) in [5, 5.41) is 0. The number of hydrogen-bond donors (Lipinski definition) is 0. The van der Waals surface area contributed by atoms with Crippen molar-refractivity contribution in [1.29, 1.82) is 0 Å². The summed E-state index contributed by atoms with van der Waals surface area (Å²) in [5.41, 5.74) is 0.906. The molecule has 71 heavy (non-hydrogen) atoms. The van der Waals surface area contributed by atoms with Crippen molar-refractivity contribution in [2.24, 2.45) is 230 Å². The van der Waals surface area contributed by atoms with Crippen LogP contribution in [0.1, 0.15) is 205 Å². The van der Waals surface area contributed by atoms with Crippen molar-refractivity contribution in [2.75, 3.05) is 0 Å². The van der Waals surface area contributed by atoms with E-state index in [9.17, 15) is 0 Å². The van der Waals surface area contributed by atoms with Crippen LogP contribution in [-0.4, -0.2) is 0 Å². The Balaban J connectivity index is 0.0000000610. The molecular weight excluding hydrogens is 853 g/mol. The van der Waals surface area contributed by atoms with Gasteiger partial charge in [0.25, 0.3) is 0 Å². The molecule has 20 bridgehead atoms. The predicted octanol–water partition coefficient (Wildman–Crippen LogP) is 17.2. The fraction of sp³-hybridized carbons (Fsp3) is 1.00. The van der Waals surface area contributed by atoms with Gasteiger partial charge in [0, 0.05) is 0 Å². The van der Waals surface area contributed by atoms with Gasteiger partial charge in [-0.2, -0.15) is 0 Å². The maximum atomic E-state index is 1.68. The molecule has 0 radical (unpaired) electrons. The van der Waals surface area contributed by atoms with E-state index in [2.05, 4.69) is 0 Å². The monoisotopic (exact) mass is 955 g/mol. The third-order valence-corrected chi connectivity index (χ3v) is 34.4. The Morgan fingerprint density at radius 3 is 1.06 bits per heavy atom. The Hall–Kier alpha value is 0. The summed E-state index contributed by atoms with van der Waals surface area (Å²) in [6.07, 6.45) is 51.2. The zero-order valence-electron chi connectivity index (χ0n) is 45.1. The zero-order valence-corrected chi connectivity index (χ0v) is 45.1. The summed E-state index contributed by atoms with van der Waals surface area (Å²) < 4.78 is 0. The molecule has 33 aliphatic carbocycles. The minimum absolute atomic E-state index is 0.906. The van der Waals surface area contributed by atoms with Crippen molar-refractivity contribution in [1.82, 2.24) is 0 Å². The lowest BCUT2D eigenvalue weighted by Crippen LogP contribution is -3.00. The normalized spacial score (nSPS) is 71.3. The number of fused-ring (bicyclic) bond motifs is 6. The van der Waals surface area contributed by atoms with Crippen LogP contribution in [0.25, 0.3) is 0 Å². The van der Waals surface area contributed by atoms with Crippen LogP contribution < -0.4 is 0 Å². The summed E-state index contributed by atoms with van der Waals surface area (Å²) in [4.78, 5) is 0. The van der Waals surface area contributed by atoms with Gasteiger partial charge >= 0.3 is 0 Å². The smallest absolute Gasteiger partial charge is 0.0266 e. The van der Waals surface area contributed by atoms with E-state index in [1.807, 2.05) is 0 Å². The molecule has 33 fully saturated rings. The van der Waals surface area contributed by atoms with E-state index in [4.69, 9.17) is 0 Å². The minimum atomic E-state index is 0.906. The first kappa shape index (κ1) is 42.0. The SMILES string of the molecule is C12C3C4C1C1C2C3C41.C1C2C3CC4C5CC3C1C5C24.C1C2CC3C1C3C2.C1C2CC3CC1CC(C2)C3.C1CC2C3C(C1)C23.C1CC2C3C1C23.C1CC2CC3CCCC3(C1)C2.C1CCC2C3CCC2C(C1)C3. The van der Waals surface area contributed by atoms with Gasteiger partial charge in [-0.15, -0.1) is 0 Å². The molecule has 386 valence electrons. The molecular formula is C71H102. The van der Waals surface area contributed by atoms with Crippen LogP contribution in [0.5, 0.6) is 0 Å². The van der Waals surface area contributed by atoms with Crippen LogP contribution in [0.15, 0.2) is 0 Å². The first-order chi connectivity index (χ1) is 35.1. The van der Waals surface area contributed by atoms with Crippen molar-refractivity contribution in [3.63, 3.8) is 0 Å². The fourth-order valence-corrected chi connectivity index (χ4v) is 32.4. The van der Waals surface area contributed by atoms with Crippen molar-refractivity contribution in [3.8, 4) is 0 Å². The summed E-state index contributed by atoms with van der Waals surface area (Å²) in [6.45, 7) is 0. The second kappa shape index (κ2) is 14.4. The Labute approximate surface area is 433 Å². The molecule has 15 atom stereocenters. The minimum Gasteiger partial charge on any atom is -0.0530 e. The Kier molecular flexibility index (Phi) is 8.54. The van der Waals surface area contributed by atoms with Gasteiger partial charge in [0.2, 0.25) is 0 Å². The van der Waals surface area contributed by atoms with Gasteiger partial charge in [-0.1, -0.05) is 44.9 Å². The Morgan fingerprint density at radius 2 is 0.577 bits per heavy atom. The lowest BCUT2D eigenvalue weighted by Gasteiger charge is -3.03. The predicted molar refractivity (Wildman–Crippen MR) is 283 cm³/mol. The second-order valence-electron chi connectivity index (χ2n) is 35.5. The zero-order chi connectivity index (χ0) is 45.1. The highest BCUT2D eigenvalue weighted by Gasteiger charge is 2.97. The van der Waals surface area contributed by atoms with Gasteiger partial charge in [-0.25, -0.2) is 0 Å². The molecule has 0 aromatic rings. The summed E-state index contributed by atoms with van der Waals surface area (Å²) in [7, 11) is 0. The van der Waals surface area contributed by atoms with E-state index in [1.165, 1.54) is 219 Å². The molecule has 0 nitrogen and oxygen atoms in total. The van der Waals surface area contributed by atoms with Crippen LogP contribution in [-0.2, 0) is 0 Å². The molecule has 15 unspecified atom stereocenters. The molecule has 0 heteroatoms. The van der Waals surface area contributed by atoms with Crippen LogP contribution >= 0.6 is 0 Å². The largest absolute Gasteiger partial charge is 0.0530 e. The average Bonchev–Trinajstić information content (AvgIpc) is 4.35. The van der Waals surface area contributed by atoms with Crippen LogP contribution in [0.4, 0.5) is 0 Å². The van der Waals surface area contributed by atoms with Crippen LogP contribution in [0.2, 0.25) is 0 Å². The quantitative estimate of drug-likeness (QED) is 0.227. The molecule has 1 spiro atoms. The lowest BCUT2D eigenvalue weighted by atomic mass is 9.01. The molecule has 33 rings (SSSR count). The molecule has 0 amide bonds. The van der Waals surface area contributed by atoms with Crippen LogP contribution in [0, 0.1) is 230 Å². The molecule has 0 aliphatic heterocycles. The maximum Gasteiger partial charge on any atom is -0.0266 e. The highest BCUT2D eigenvalue weighted by molar-refractivity contribution is 5.44. The second-order valence-corrected chi connectivity index (χ2v) is 35.5. The highest BCUT2D eigenvalue weighted by atomic mass is 15.0. The topological polar surface area (TPSA) is 0 Å². The molecule has 0 saturated heterocycles. The summed E-state index contributed by atoms with van der Waals surface area (Å²) >= 11 is 0. The van der Waals surface area contributed by atoms with Crippen molar-refractivity contribution < 1.29 is 0 Å². The van der Waals surface area contributed by atoms with Crippen molar-refractivity contribution in [3.05, 3.63) is 0 Å². The first-order valence-corrected chi connectivity index (χ1v) is 35.1. The average molecular weight is 956 g/mol. The molecule has 33 saturated carbocycles. The highest BCUT2D eigenvalue weighted by Crippen LogP contribution is 3.01.